The van der Waals surface area contributed by atoms with Crippen LogP contribution in [0.2, 0.25) is 0 Å². The first-order chi connectivity index (χ1) is 9.70. The topological polar surface area (TPSA) is 72.6 Å². The van der Waals surface area contributed by atoms with Gasteiger partial charge in [0.15, 0.2) is 0 Å². The highest BCUT2D eigenvalue weighted by Crippen LogP contribution is 2.24. The number of carbonyl (C=O) groups excluding carboxylic acids is 1. The Morgan fingerprint density at radius 1 is 1.10 bits per heavy atom. The molecule has 4 nitrogen and oxygen atoms in total. The van der Waals surface area contributed by atoms with Crippen molar-refractivity contribution in [2.45, 2.75) is 12.5 Å². The molecule has 0 aliphatic heterocycles. The highest BCUT2D eigenvalue weighted by Gasteiger charge is 2.14. The lowest BCUT2D eigenvalue weighted by molar-refractivity contribution is -0.133. The SMILES string of the molecule is NCC(O)c1ccccc1OC(=O)Cc1ccccc1. The van der Waals surface area contributed by atoms with E-state index in [1.807, 2.05) is 30.3 Å². The monoisotopic (exact) mass is 271 g/mol. The summed E-state index contributed by atoms with van der Waals surface area (Å²) in [4.78, 5) is 11.9. The van der Waals surface area contributed by atoms with Crippen molar-refractivity contribution in [3.63, 3.8) is 0 Å². The van der Waals surface area contributed by atoms with Crippen LogP contribution in [0, 0.1) is 0 Å². The third kappa shape index (κ3) is 3.66. The molecule has 0 aliphatic carbocycles. The molecule has 0 saturated heterocycles. The van der Waals surface area contributed by atoms with E-state index >= 15 is 0 Å². The summed E-state index contributed by atoms with van der Waals surface area (Å²) in [6, 6.07) is 16.2. The van der Waals surface area contributed by atoms with Crippen LogP contribution in [0.1, 0.15) is 17.2 Å². The summed E-state index contributed by atoms with van der Waals surface area (Å²) in [7, 11) is 0. The Hall–Kier alpha value is -2.17. The van der Waals surface area contributed by atoms with Crippen LogP contribution in [0.3, 0.4) is 0 Å². The first-order valence-corrected chi connectivity index (χ1v) is 6.42. The Bertz CT molecular complexity index is 569. The number of aliphatic hydroxyl groups is 1. The van der Waals surface area contributed by atoms with Gasteiger partial charge >= 0.3 is 5.97 Å². The number of nitrogens with two attached hydrogens (primary N) is 1. The summed E-state index contributed by atoms with van der Waals surface area (Å²) < 4.78 is 5.32. The fourth-order valence-electron chi connectivity index (χ4n) is 1.90. The number of benzene rings is 2. The fraction of sp³-hybridized carbons (Fsp3) is 0.188. The second-order valence-corrected chi connectivity index (χ2v) is 4.43. The van der Waals surface area contributed by atoms with E-state index in [4.69, 9.17) is 10.5 Å². The molecule has 2 aromatic carbocycles. The average Bonchev–Trinajstić information content (AvgIpc) is 2.48. The quantitative estimate of drug-likeness (QED) is 0.643. The summed E-state index contributed by atoms with van der Waals surface area (Å²) in [6.07, 6.45) is -0.649. The number of ether oxygens (including phenoxy) is 1. The van der Waals surface area contributed by atoms with Crippen LogP contribution in [0.5, 0.6) is 5.75 Å². The molecule has 0 amide bonds. The van der Waals surface area contributed by atoms with Crippen molar-refractivity contribution in [2.75, 3.05) is 6.54 Å². The lowest BCUT2D eigenvalue weighted by atomic mass is 10.1. The van der Waals surface area contributed by atoms with Crippen molar-refractivity contribution in [3.8, 4) is 5.75 Å². The second kappa shape index (κ2) is 6.84. The molecule has 0 aromatic heterocycles. The van der Waals surface area contributed by atoms with Crippen LogP contribution >= 0.6 is 0 Å². The van der Waals surface area contributed by atoms with Crippen LogP contribution in [0.15, 0.2) is 54.6 Å². The molecule has 0 bridgehead atoms. The smallest absolute Gasteiger partial charge is 0.315 e. The van der Waals surface area contributed by atoms with Crippen molar-refractivity contribution < 1.29 is 14.6 Å². The van der Waals surface area contributed by atoms with E-state index in [1.165, 1.54) is 0 Å². The van der Waals surface area contributed by atoms with Crippen LogP contribution in [-0.2, 0) is 11.2 Å². The Labute approximate surface area is 117 Å². The third-order valence-electron chi connectivity index (χ3n) is 2.92. The molecule has 0 heterocycles. The summed E-state index contributed by atoms with van der Waals surface area (Å²) in [6.45, 7) is 0.0766. The molecule has 0 saturated carbocycles. The molecule has 0 spiro atoms. The third-order valence-corrected chi connectivity index (χ3v) is 2.92. The van der Waals surface area contributed by atoms with Crippen molar-refractivity contribution in [1.82, 2.24) is 0 Å². The van der Waals surface area contributed by atoms with Gasteiger partial charge in [-0.05, 0) is 11.6 Å². The van der Waals surface area contributed by atoms with Crippen LogP contribution in [0.25, 0.3) is 0 Å². The van der Waals surface area contributed by atoms with Gasteiger partial charge in [0.05, 0.1) is 12.5 Å². The maximum absolute atomic E-state index is 11.9. The summed E-state index contributed by atoms with van der Waals surface area (Å²) in [5.41, 5.74) is 6.84. The fourth-order valence-corrected chi connectivity index (χ4v) is 1.90. The molecule has 104 valence electrons. The van der Waals surface area contributed by atoms with Crippen LogP contribution < -0.4 is 10.5 Å². The van der Waals surface area contributed by atoms with Crippen molar-refractivity contribution >= 4 is 5.97 Å². The molecule has 2 rings (SSSR count). The predicted octanol–water partition coefficient (Wildman–Crippen LogP) is 1.83. The minimum absolute atomic E-state index is 0.0766. The van der Waals surface area contributed by atoms with E-state index < -0.39 is 6.10 Å². The van der Waals surface area contributed by atoms with Gasteiger partial charge in [0.2, 0.25) is 0 Å². The Morgan fingerprint density at radius 2 is 1.75 bits per heavy atom. The van der Waals surface area contributed by atoms with Gasteiger partial charge in [-0.3, -0.25) is 4.79 Å². The van der Waals surface area contributed by atoms with Gasteiger partial charge in [-0.15, -0.1) is 0 Å². The van der Waals surface area contributed by atoms with Gasteiger partial charge in [-0.1, -0.05) is 48.5 Å². The maximum atomic E-state index is 11.9. The highest BCUT2D eigenvalue weighted by atomic mass is 16.5. The normalized spacial score (nSPS) is 11.9. The lowest BCUT2D eigenvalue weighted by Gasteiger charge is -2.13. The van der Waals surface area contributed by atoms with Gasteiger partial charge in [0.25, 0.3) is 0 Å². The zero-order valence-corrected chi connectivity index (χ0v) is 11.0. The molecular formula is C16H17NO3. The minimum atomic E-state index is -0.837. The van der Waals surface area contributed by atoms with Crippen LogP contribution in [-0.4, -0.2) is 17.6 Å². The molecule has 20 heavy (non-hydrogen) atoms. The van der Waals surface area contributed by atoms with Gasteiger partial charge in [-0.25, -0.2) is 0 Å². The minimum Gasteiger partial charge on any atom is -0.426 e. The second-order valence-electron chi connectivity index (χ2n) is 4.43. The molecule has 0 radical (unpaired) electrons. The van der Waals surface area contributed by atoms with Gasteiger partial charge < -0.3 is 15.6 Å². The number of carbonyl (C=O) groups is 1. The first kappa shape index (κ1) is 14.2. The number of rotatable bonds is 5. The molecule has 1 unspecified atom stereocenters. The number of para-hydroxylation sites is 1. The number of hydrogen-bond donors (Lipinski definition) is 2. The highest BCUT2D eigenvalue weighted by molar-refractivity contribution is 5.75. The predicted molar refractivity (Wildman–Crippen MR) is 76.2 cm³/mol. The standard InChI is InChI=1S/C16H17NO3/c17-11-14(18)13-8-4-5-9-15(13)20-16(19)10-12-6-2-1-3-7-12/h1-9,14,18H,10-11,17H2. The first-order valence-electron chi connectivity index (χ1n) is 6.42. The molecule has 0 fully saturated rings. The number of hydrogen-bond acceptors (Lipinski definition) is 4. The van der Waals surface area contributed by atoms with E-state index in [9.17, 15) is 9.90 Å². The summed E-state index contributed by atoms with van der Waals surface area (Å²) in [5, 5.41) is 9.80. The maximum Gasteiger partial charge on any atom is 0.315 e. The zero-order valence-electron chi connectivity index (χ0n) is 11.0. The van der Waals surface area contributed by atoms with E-state index in [-0.39, 0.29) is 18.9 Å². The van der Waals surface area contributed by atoms with Crippen molar-refractivity contribution in [2.24, 2.45) is 5.73 Å². The number of esters is 1. The molecule has 3 N–H and O–H groups in total. The van der Waals surface area contributed by atoms with Gasteiger partial charge in [0.1, 0.15) is 5.75 Å². The largest absolute Gasteiger partial charge is 0.426 e. The van der Waals surface area contributed by atoms with Crippen molar-refractivity contribution in [1.29, 1.82) is 0 Å². The number of aliphatic hydroxyl groups excluding tert-OH is 1. The van der Waals surface area contributed by atoms with Crippen LogP contribution in [0.4, 0.5) is 0 Å². The molecule has 0 aliphatic rings. The van der Waals surface area contributed by atoms with E-state index in [0.717, 1.165) is 5.56 Å². The average molecular weight is 271 g/mol. The van der Waals surface area contributed by atoms with E-state index in [1.54, 1.807) is 24.3 Å². The molecule has 4 heteroatoms. The zero-order chi connectivity index (χ0) is 14.4. The van der Waals surface area contributed by atoms with Gasteiger partial charge in [0, 0.05) is 12.1 Å². The summed E-state index contributed by atoms with van der Waals surface area (Å²) in [5.74, 6) is -0.0146. The molecule has 2 aromatic rings. The lowest BCUT2D eigenvalue weighted by Crippen LogP contribution is -2.16. The Kier molecular flexibility index (Phi) is 4.87. The Morgan fingerprint density at radius 3 is 2.45 bits per heavy atom. The molecule has 1 atom stereocenters. The molecular weight excluding hydrogens is 254 g/mol. The van der Waals surface area contributed by atoms with Crippen molar-refractivity contribution in [3.05, 3.63) is 65.7 Å². The van der Waals surface area contributed by atoms with E-state index in [2.05, 4.69) is 0 Å². The van der Waals surface area contributed by atoms with Gasteiger partial charge in [-0.2, -0.15) is 0 Å². The summed E-state index contributed by atoms with van der Waals surface area (Å²) >= 11 is 0. The van der Waals surface area contributed by atoms with E-state index in [0.29, 0.717) is 11.3 Å². The Balaban J connectivity index is 2.08.